The molecule has 1 aromatic heterocycles. The number of aliphatic carboxylic acids is 1. The zero-order valence-corrected chi connectivity index (χ0v) is 12.2. The molecule has 1 heterocycles. The third-order valence-electron chi connectivity index (χ3n) is 3.68. The largest absolute Gasteiger partial charge is 0.481 e. The number of carboxylic acid groups (broad SMARTS) is 1. The normalized spacial score (nSPS) is 16.3. The van der Waals surface area contributed by atoms with E-state index in [-0.39, 0.29) is 0 Å². The van der Waals surface area contributed by atoms with Crippen LogP contribution in [0.4, 0.5) is 10.8 Å². The number of nitriles is 1. The van der Waals surface area contributed by atoms with E-state index in [9.17, 15) is 15.2 Å². The predicted molar refractivity (Wildman–Crippen MR) is 80.0 cm³/mol. The lowest BCUT2D eigenvalue weighted by Crippen LogP contribution is -2.12. The molecule has 0 amide bonds. The van der Waals surface area contributed by atoms with Gasteiger partial charge in [-0.15, -0.1) is 11.3 Å². The van der Waals surface area contributed by atoms with Gasteiger partial charge in [0, 0.05) is 11.9 Å². The minimum atomic E-state index is -0.814. The molecule has 0 aliphatic heterocycles. The van der Waals surface area contributed by atoms with Gasteiger partial charge in [0.1, 0.15) is 12.0 Å². The Morgan fingerprint density at radius 3 is 3.00 bits per heavy atom. The van der Waals surface area contributed by atoms with Crippen molar-refractivity contribution >= 4 is 28.1 Å². The number of anilines is 2. The number of fused-ring (bicyclic) bond motifs is 1. The minimum Gasteiger partial charge on any atom is -0.481 e. The van der Waals surface area contributed by atoms with Crippen molar-refractivity contribution in [2.24, 2.45) is 0 Å². The molecule has 1 N–H and O–H groups in total. The summed E-state index contributed by atoms with van der Waals surface area (Å²) in [6.07, 6.45) is 1.39. The third kappa shape index (κ3) is 2.26. The summed E-state index contributed by atoms with van der Waals surface area (Å²) in [7, 11) is 1.85. The van der Waals surface area contributed by atoms with Crippen LogP contribution in [0.5, 0.6) is 0 Å². The molecule has 1 aromatic carbocycles. The van der Waals surface area contributed by atoms with Gasteiger partial charge in [-0.05, 0) is 25.0 Å². The summed E-state index contributed by atoms with van der Waals surface area (Å²) >= 11 is 1.51. The highest BCUT2D eigenvalue weighted by molar-refractivity contribution is 7.15. The lowest BCUT2D eigenvalue weighted by molar-refractivity contribution is -0.138. The summed E-state index contributed by atoms with van der Waals surface area (Å²) in [5, 5.41) is 19.1. The SMILES string of the molecule is CN(c1nc2c(s1)CCC2C(=O)O)c1ccccc1C#N. The number of thiazole rings is 1. The Kier molecular flexibility index (Phi) is 3.35. The summed E-state index contributed by atoms with van der Waals surface area (Å²) in [6, 6.07) is 9.47. The first-order valence-corrected chi connectivity index (χ1v) is 7.38. The van der Waals surface area contributed by atoms with E-state index in [1.165, 1.54) is 11.3 Å². The Morgan fingerprint density at radius 2 is 2.29 bits per heavy atom. The predicted octanol–water partition coefficient (Wildman–Crippen LogP) is 2.90. The lowest BCUT2D eigenvalue weighted by Gasteiger charge is -2.17. The molecule has 0 radical (unpaired) electrons. The maximum atomic E-state index is 11.2. The van der Waals surface area contributed by atoms with Crippen LogP contribution in [0.1, 0.15) is 28.5 Å². The molecule has 0 saturated heterocycles. The quantitative estimate of drug-likeness (QED) is 0.943. The number of aryl methyl sites for hydroxylation is 1. The summed E-state index contributed by atoms with van der Waals surface area (Å²) in [5.74, 6) is -1.31. The number of aromatic nitrogens is 1. The topological polar surface area (TPSA) is 77.2 Å². The molecule has 2 aromatic rings. The van der Waals surface area contributed by atoms with E-state index in [2.05, 4.69) is 11.1 Å². The fourth-order valence-electron chi connectivity index (χ4n) is 2.56. The zero-order chi connectivity index (χ0) is 15.0. The number of nitrogens with zero attached hydrogens (tertiary/aromatic N) is 3. The van der Waals surface area contributed by atoms with Crippen LogP contribution < -0.4 is 4.90 Å². The van der Waals surface area contributed by atoms with Crippen LogP contribution in [-0.2, 0) is 11.2 Å². The molecular formula is C15H13N3O2S. The molecule has 5 nitrogen and oxygen atoms in total. The van der Waals surface area contributed by atoms with Gasteiger partial charge in [0.05, 0.1) is 16.9 Å². The average molecular weight is 299 g/mol. The molecule has 21 heavy (non-hydrogen) atoms. The number of hydrogen-bond donors (Lipinski definition) is 1. The minimum absolute atomic E-state index is 0.496. The summed E-state index contributed by atoms with van der Waals surface area (Å²) in [4.78, 5) is 18.6. The number of rotatable bonds is 3. The number of benzene rings is 1. The molecule has 6 heteroatoms. The van der Waals surface area contributed by atoms with Crippen molar-refractivity contribution in [1.82, 2.24) is 4.98 Å². The fourth-order valence-corrected chi connectivity index (χ4v) is 3.67. The van der Waals surface area contributed by atoms with Gasteiger partial charge in [-0.3, -0.25) is 4.79 Å². The van der Waals surface area contributed by atoms with E-state index < -0.39 is 11.9 Å². The smallest absolute Gasteiger partial charge is 0.312 e. The number of carbonyl (C=O) groups is 1. The third-order valence-corrected chi connectivity index (χ3v) is 4.88. The number of para-hydroxylation sites is 1. The van der Waals surface area contributed by atoms with Crippen molar-refractivity contribution < 1.29 is 9.90 Å². The number of carboxylic acids is 1. The van der Waals surface area contributed by atoms with Gasteiger partial charge in [-0.1, -0.05) is 12.1 Å². The Morgan fingerprint density at radius 1 is 1.52 bits per heavy atom. The van der Waals surface area contributed by atoms with Gasteiger partial charge in [0.2, 0.25) is 0 Å². The average Bonchev–Trinajstić information content (AvgIpc) is 3.06. The van der Waals surface area contributed by atoms with Crippen LogP contribution in [0, 0.1) is 11.3 Å². The van der Waals surface area contributed by atoms with Crippen molar-refractivity contribution in [2.45, 2.75) is 18.8 Å². The first kappa shape index (κ1) is 13.6. The highest BCUT2D eigenvalue weighted by Gasteiger charge is 2.33. The molecule has 0 saturated carbocycles. The first-order valence-electron chi connectivity index (χ1n) is 6.57. The lowest BCUT2D eigenvalue weighted by atomic mass is 10.1. The molecule has 3 rings (SSSR count). The monoisotopic (exact) mass is 299 g/mol. The van der Waals surface area contributed by atoms with E-state index in [0.29, 0.717) is 17.7 Å². The van der Waals surface area contributed by atoms with E-state index in [1.807, 2.05) is 30.1 Å². The van der Waals surface area contributed by atoms with Crippen LogP contribution in [0.25, 0.3) is 0 Å². The number of hydrogen-bond acceptors (Lipinski definition) is 5. The Balaban J connectivity index is 1.97. The Hall–Kier alpha value is -2.39. The standard InChI is InChI=1S/C15H13N3O2S/c1-18(11-5-3-2-4-9(11)8-16)15-17-13-10(14(19)20)6-7-12(13)21-15/h2-5,10H,6-7H2,1H3,(H,19,20). The van der Waals surface area contributed by atoms with Gasteiger partial charge in [0.25, 0.3) is 0 Å². The summed E-state index contributed by atoms with van der Waals surface area (Å²) < 4.78 is 0. The van der Waals surface area contributed by atoms with Crippen molar-refractivity contribution in [3.63, 3.8) is 0 Å². The van der Waals surface area contributed by atoms with Crippen molar-refractivity contribution in [1.29, 1.82) is 5.26 Å². The molecule has 106 valence electrons. The van der Waals surface area contributed by atoms with Gasteiger partial charge < -0.3 is 10.0 Å². The maximum Gasteiger partial charge on any atom is 0.312 e. The molecule has 1 aliphatic rings. The molecular weight excluding hydrogens is 286 g/mol. The highest BCUT2D eigenvalue weighted by Crippen LogP contribution is 2.41. The van der Waals surface area contributed by atoms with E-state index in [0.717, 1.165) is 22.1 Å². The van der Waals surface area contributed by atoms with Crippen molar-refractivity contribution in [2.75, 3.05) is 11.9 Å². The van der Waals surface area contributed by atoms with Crippen LogP contribution in [0.15, 0.2) is 24.3 Å². The van der Waals surface area contributed by atoms with Crippen molar-refractivity contribution in [3.8, 4) is 6.07 Å². The molecule has 0 fully saturated rings. The second kappa shape index (κ2) is 5.19. The molecule has 0 bridgehead atoms. The van der Waals surface area contributed by atoms with Crippen LogP contribution in [0.2, 0.25) is 0 Å². The first-order chi connectivity index (χ1) is 10.1. The van der Waals surface area contributed by atoms with E-state index in [1.54, 1.807) is 6.07 Å². The second-order valence-corrected chi connectivity index (χ2v) is 5.98. The van der Waals surface area contributed by atoms with Crippen LogP contribution in [-0.4, -0.2) is 23.1 Å². The van der Waals surface area contributed by atoms with E-state index >= 15 is 0 Å². The summed E-state index contributed by atoms with van der Waals surface area (Å²) in [6.45, 7) is 0. The zero-order valence-electron chi connectivity index (χ0n) is 11.4. The van der Waals surface area contributed by atoms with Gasteiger partial charge in [-0.2, -0.15) is 5.26 Å². The molecule has 1 atom stereocenters. The Labute approximate surface area is 126 Å². The second-order valence-electron chi connectivity index (χ2n) is 4.92. The molecule has 1 unspecified atom stereocenters. The fraction of sp³-hybridized carbons (Fsp3) is 0.267. The molecule has 0 spiro atoms. The highest BCUT2D eigenvalue weighted by atomic mass is 32.1. The van der Waals surface area contributed by atoms with E-state index in [4.69, 9.17) is 0 Å². The van der Waals surface area contributed by atoms with Gasteiger partial charge in [0.15, 0.2) is 5.13 Å². The summed E-state index contributed by atoms with van der Waals surface area (Å²) in [5.41, 5.74) is 2.04. The maximum absolute atomic E-state index is 11.2. The Bertz CT molecular complexity index is 748. The van der Waals surface area contributed by atoms with Gasteiger partial charge >= 0.3 is 5.97 Å². The van der Waals surface area contributed by atoms with Gasteiger partial charge in [-0.25, -0.2) is 4.98 Å². The van der Waals surface area contributed by atoms with Crippen LogP contribution in [0.3, 0.4) is 0 Å². The molecule has 1 aliphatic carbocycles. The van der Waals surface area contributed by atoms with Crippen LogP contribution >= 0.6 is 11.3 Å². The van der Waals surface area contributed by atoms with Crippen molar-refractivity contribution in [3.05, 3.63) is 40.4 Å².